The van der Waals surface area contributed by atoms with Gasteiger partial charge >= 0.3 is 0 Å². The SMILES string of the molecule is CCOc1ccccc1/C=C/C(=O)N1CCC2(CC1)CCN(C(=O)c1cncc(C#Cc3ccccc3)c1)C2. The van der Waals surface area contributed by atoms with Crippen LogP contribution in [0.4, 0.5) is 0 Å². The first-order valence-electron chi connectivity index (χ1n) is 13.6. The topological polar surface area (TPSA) is 62.7 Å². The summed E-state index contributed by atoms with van der Waals surface area (Å²) in [7, 11) is 0. The second-order valence-electron chi connectivity index (χ2n) is 10.2. The van der Waals surface area contributed by atoms with Crippen LogP contribution in [0.1, 0.15) is 53.2 Å². The lowest BCUT2D eigenvalue weighted by molar-refractivity contribution is -0.128. The van der Waals surface area contributed by atoms with E-state index in [1.165, 1.54) is 0 Å². The highest BCUT2D eigenvalue weighted by Gasteiger charge is 2.42. The Balaban J connectivity index is 1.17. The van der Waals surface area contributed by atoms with Crippen molar-refractivity contribution in [2.45, 2.75) is 26.2 Å². The van der Waals surface area contributed by atoms with E-state index in [1.54, 1.807) is 18.5 Å². The first-order valence-corrected chi connectivity index (χ1v) is 13.6. The van der Waals surface area contributed by atoms with Crippen LogP contribution in [0.5, 0.6) is 5.75 Å². The van der Waals surface area contributed by atoms with Crippen molar-refractivity contribution in [3.63, 3.8) is 0 Å². The summed E-state index contributed by atoms with van der Waals surface area (Å²) in [5, 5.41) is 0. The second kappa shape index (κ2) is 12.0. The number of rotatable bonds is 5. The Morgan fingerprint density at radius 2 is 1.62 bits per heavy atom. The molecule has 2 aliphatic rings. The minimum absolute atomic E-state index is 0.00265. The third-order valence-corrected chi connectivity index (χ3v) is 7.60. The lowest BCUT2D eigenvalue weighted by Crippen LogP contribution is -2.44. The molecule has 0 aliphatic carbocycles. The van der Waals surface area contributed by atoms with Crippen molar-refractivity contribution in [3.8, 4) is 17.6 Å². The van der Waals surface area contributed by atoms with Crippen LogP contribution < -0.4 is 4.74 Å². The van der Waals surface area contributed by atoms with E-state index < -0.39 is 0 Å². The van der Waals surface area contributed by atoms with Gasteiger partial charge in [0.1, 0.15) is 5.75 Å². The molecular formula is C33H33N3O3. The molecule has 0 atom stereocenters. The van der Waals surface area contributed by atoms with Gasteiger partial charge in [-0.15, -0.1) is 0 Å². The van der Waals surface area contributed by atoms with Gasteiger partial charge in [-0.05, 0) is 61.9 Å². The average molecular weight is 520 g/mol. The number of ether oxygens (including phenoxy) is 1. The summed E-state index contributed by atoms with van der Waals surface area (Å²) >= 11 is 0. The predicted octanol–water partition coefficient (Wildman–Crippen LogP) is 5.05. The third-order valence-electron chi connectivity index (χ3n) is 7.60. The van der Waals surface area contributed by atoms with Crippen molar-refractivity contribution in [1.29, 1.82) is 0 Å². The molecule has 6 nitrogen and oxygen atoms in total. The third kappa shape index (κ3) is 6.38. The minimum atomic E-state index is -0.00265. The molecule has 0 N–H and O–H groups in total. The van der Waals surface area contributed by atoms with E-state index in [0.717, 1.165) is 48.2 Å². The fourth-order valence-corrected chi connectivity index (χ4v) is 5.36. The fraction of sp³-hybridized carbons (Fsp3) is 0.303. The van der Waals surface area contributed by atoms with Crippen LogP contribution in [0, 0.1) is 17.3 Å². The van der Waals surface area contributed by atoms with Crippen molar-refractivity contribution in [2.75, 3.05) is 32.8 Å². The summed E-state index contributed by atoms with van der Waals surface area (Å²) in [6.45, 7) is 5.36. The Hall–Kier alpha value is -4.37. The molecule has 2 fully saturated rings. The summed E-state index contributed by atoms with van der Waals surface area (Å²) in [6.07, 6.45) is 9.53. The van der Waals surface area contributed by atoms with E-state index in [4.69, 9.17) is 4.74 Å². The van der Waals surface area contributed by atoms with Gasteiger partial charge < -0.3 is 14.5 Å². The Morgan fingerprint density at radius 3 is 2.38 bits per heavy atom. The van der Waals surface area contributed by atoms with Crippen molar-refractivity contribution in [3.05, 3.63) is 101 Å². The summed E-state index contributed by atoms with van der Waals surface area (Å²) in [5.74, 6) is 7.03. The number of aromatic nitrogens is 1. The Kier molecular flexibility index (Phi) is 8.07. The van der Waals surface area contributed by atoms with Gasteiger partial charge in [0.25, 0.3) is 5.91 Å². The van der Waals surface area contributed by atoms with E-state index in [1.807, 2.05) is 83.5 Å². The Labute approximate surface area is 230 Å². The molecule has 198 valence electrons. The molecule has 39 heavy (non-hydrogen) atoms. The maximum atomic E-state index is 13.3. The lowest BCUT2D eigenvalue weighted by atomic mass is 9.78. The van der Waals surface area contributed by atoms with E-state index in [9.17, 15) is 9.59 Å². The molecule has 1 aromatic heterocycles. The van der Waals surface area contributed by atoms with Crippen LogP contribution >= 0.6 is 0 Å². The van der Waals surface area contributed by atoms with Gasteiger partial charge in [-0.3, -0.25) is 14.6 Å². The van der Waals surface area contributed by atoms with E-state index >= 15 is 0 Å². The number of nitrogens with zero attached hydrogens (tertiary/aromatic N) is 3. The molecule has 2 aliphatic heterocycles. The molecule has 5 rings (SSSR count). The number of likely N-dealkylation sites (tertiary alicyclic amines) is 2. The largest absolute Gasteiger partial charge is 0.493 e. The molecule has 3 heterocycles. The van der Waals surface area contributed by atoms with Gasteiger partial charge in [0.05, 0.1) is 12.2 Å². The van der Waals surface area contributed by atoms with E-state index in [-0.39, 0.29) is 17.2 Å². The zero-order valence-electron chi connectivity index (χ0n) is 22.3. The zero-order chi connectivity index (χ0) is 27.1. The number of piperidine rings is 1. The molecule has 2 amide bonds. The second-order valence-corrected chi connectivity index (χ2v) is 10.2. The van der Waals surface area contributed by atoms with Gasteiger partial charge in [-0.2, -0.15) is 0 Å². The van der Waals surface area contributed by atoms with E-state index in [2.05, 4.69) is 16.8 Å². The van der Waals surface area contributed by atoms with Crippen molar-refractivity contribution >= 4 is 17.9 Å². The van der Waals surface area contributed by atoms with Crippen molar-refractivity contribution in [2.24, 2.45) is 5.41 Å². The number of hydrogen-bond acceptors (Lipinski definition) is 4. The summed E-state index contributed by atoms with van der Waals surface area (Å²) in [6, 6.07) is 19.3. The lowest BCUT2D eigenvalue weighted by Gasteiger charge is -2.39. The van der Waals surface area contributed by atoms with Gasteiger partial charge in [0.2, 0.25) is 5.91 Å². The van der Waals surface area contributed by atoms with Crippen molar-refractivity contribution < 1.29 is 14.3 Å². The number of amides is 2. The highest BCUT2D eigenvalue weighted by Crippen LogP contribution is 2.41. The van der Waals surface area contributed by atoms with Gasteiger partial charge in [-0.1, -0.05) is 48.2 Å². The Morgan fingerprint density at radius 1 is 0.923 bits per heavy atom. The molecule has 0 bridgehead atoms. The summed E-state index contributed by atoms with van der Waals surface area (Å²) < 4.78 is 5.66. The molecule has 0 saturated carbocycles. The predicted molar refractivity (Wildman–Crippen MR) is 152 cm³/mol. The normalized spacial score (nSPS) is 16.2. The maximum absolute atomic E-state index is 13.3. The molecule has 0 radical (unpaired) electrons. The summed E-state index contributed by atoms with van der Waals surface area (Å²) in [4.78, 5) is 34.3. The molecule has 2 saturated heterocycles. The molecule has 3 aromatic rings. The molecule has 1 spiro atoms. The van der Waals surface area contributed by atoms with E-state index in [0.29, 0.717) is 31.8 Å². The number of pyridine rings is 1. The molecule has 0 unspecified atom stereocenters. The number of hydrogen-bond donors (Lipinski definition) is 0. The van der Waals surface area contributed by atoms with Gasteiger partial charge in [0, 0.05) is 61.3 Å². The Bertz CT molecular complexity index is 1410. The van der Waals surface area contributed by atoms with Crippen LogP contribution in [0.2, 0.25) is 0 Å². The smallest absolute Gasteiger partial charge is 0.255 e. The average Bonchev–Trinajstić information content (AvgIpc) is 3.39. The van der Waals surface area contributed by atoms with Gasteiger partial charge in [0.15, 0.2) is 0 Å². The van der Waals surface area contributed by atoms with Crippen LogP contribution in [0.3, 0.4) is 0 Å². The maximum Gasteiger partial charge on any atom is 0.255 e. The van der Waals surface area contributed by atoms with Crippen LogP contribution in [0.25, 0.3) is 6.08 Å². The quantitative estimate of drug-likeness (QED) is 0.350. The first kappa shape index (κ1) is 26.2. The molecule has 2 aromatic carbocycles. The van der Waals surface area contributed by atoms with Crippen LogP contribution in [0.15, 0.2) is 79.1 Å². The highest BCUT2D eigenvalue weighted by molar-refractivity contribution is 5.94. The number of carbonyl (C=O) groups excluding carboxylic acids is 2. The number of benzene rings is 2. The zero-order valence-corrected chi connectivity index (χ0v) is 22.3. The van der Waals surface area contributed by atoms with Crippen LogP contribution in [-0.4, -0.2) is 59.4 Å². The first-order chi connectivity index (χ1) is 19.0. The van der Waals surface area contributed by atoms with Crippen molar-refractivity contribution in [1.82, 2.24) is 14.8 Å². The number of para-hydroxylation sites is 1. The standard InChI is InChI=1S/C33H33N3O3/c1-2-39-30-11-7-6-10-28(30)14-15-31(37)35-19-16-33(17-20-35)18-21-36(25-33)32(38)29-22-27(23-34-24-29)13-12-26-8-4-3-5-9-26/h3-11,14-15,22-24H,2,16-21,25H2,1H3/b15-14+. The molecule has 6 heteroatoms. The van der Waals surface area contributed by atoms with Crippen LogP contribution in [-0.2, 0) is 4.79 Å². The number of carbonyl (C=O) groups is 2. The minimum Gasteiger partial charge on any atom is -0.493 e. The fourth-order valence-electron chi connectivity index (χ4n) is 5.36. The van der Waals surface area contributed by atoms with Gasteiger partial charge in [-0.25, -0.2) is 0 Å². The highest BCUT2D eigenvalue weighted by atomic mass is 16.5. The molecular weight excluding hydrogens is 486 g/mol. The summed E-state index contributed by atoms with van der Waals surface area (Å²) in [5.41, 5.74) is 3.18. The monoisotopic (exact) mass is 519 g/mol.